The molecule has 0 aromatic carbocycles. The fourth-order valence-corrected chi connectivity index (χ4v) is 1.40. The van der Waals surface area contributed by atoms with E-state index in [2.05, 4.69) is 4.98 Å². The van der Waals surface area contributed by atoms with Crippen LogP contribution in [-0.2, 0) is 4.79 Å². The fourth-order valence-electron chi connectivity index (χ4n) is 1.40. The molecule has 1 atom stereocenters. The molecule has 0 saturated heterocycles. The van der Waals surface area contributed by atoms with Crippen molar-refractivity contribution in [3.05, 3.63) is 24.0 Å². The maximum Gasteiger partial charge on any atom is 0.151 e. The minimum atomic E-state index is -0.115. The maximum atomic E-state index is 11.2. The summed E-state index contributed by atoms with van der Waals surface area (Å²) in [4.78, 5) is 16.1. The van der Waals surface area contributed by atoms with Crippen molar-refractivity contribution in [2.45, 2.75) is 13.0 Å². The number of nitrogens with one attached hydrogen (secondary N) is 1. The van der Waals surface area contributed by atoms with E-state index in [0.29, 0.717) is 0 Å². The van der Waals surface area contributed by atoms with Gasteiger partial charge >= 0.3 is 0 Å². The lowest BCUT2D eigenvalue weighted by molar-refractivity contribution is -0.121. The molecule has 0 spiro atoms. The van der Waals surface area contributed by atoms with Crippen molar-refractivity contribution in [2.75, 3.05) is 14.1 Å². The molecule has 0 fully saturated rings. The second kappa shape index (κ2) is 3.54. The van der Waals surface area contributed by atoms with Crippen LogP contribution in [0.25, 0.3) is 0 Å². The van der Waals surface area contributed by atoms with Crippen LogP contribution >= 0.6 is 0 Å². The minimum absolute atomic E-state index is 0.115. The third-order valence-corrected chi connectivity index (χ3v) is 1.84. The van der Waals surface area contributed by atoms with Crippen LogP contribution in [0.3, 0.4) is 0 Å². The predicted molar refractivity (Wildman–Crippen MR) is 47.9 cm³/mol. The topological polar surface area (TPSA) is 36.1 Å². The maximum absolute atomic E-state index is 11.2. The van der Waals surface area contributed by atoms with Gasteiger partial charge in [-0.2, -0.15) is 0 Å². The Morgan fingerprint density at radius 3 is 2.58 bits per heavy atom. The molecule has 1 rings (SSSR count). The molecule has 0 saturated carbocycles. The molecule has 0 radical (unpaired) electrons. The van der Waals surface area contributed by atoms with Crippen LogP contribution in [0.15, 0.2) is 18.5 Å². The van der Waals surface area contributed by atoms with Gasteiger partial charge in [-0.25, -0.2) is 0 Å². The van der Waals surface area contributed by atoms with Gasteiger partial charge in [0.2, 0.25) is 0 Å². The highest BCUT2D eigenvalue weighted by Gasteiger charge is 2.18. The average molecular weight is 166 g/mol. The lowest BCUT2D eigenvalue weighted by Crippen LogP contribution is -2.25. The Balaban J connectivity index is 2.88. The molecule has 1 unspecified atom stereocenters. The van der Waals surface area contributed by atoms with Gasteiger partial charge in [0, 0.05) is 12.4 Å². The number of nitrogens with zero attached hydrogens (tertiary/aromatic N) is 1. The number of aromatic nitrogens is 1. The van der Waals surface area contributed by atoms with Crippen LogP contribution in [0.5, 0.6) is 0 Å². The summed E-state index contributed by atoms with van der Waals surface area (Å²) < 4.78 is 0. The smallest absolute Gasteiger partial charge is 0.151 e. The quantitative estimate of drug-likeness (QED) is 0.732. The third kappa shape index (κ3) is 1.74. The van der Waals surface area contributed by atoms with Crippen molar-refractivity contribution in [3.8, 4) is 0 Å². The Kier molecular flexibility index (Phi) is 2.65. The van der Waals surface area contributed by atoms with Crippen LogP contribution in [0.2, 0.25) is 0 Å². The summed E-state index contributed by atoms with van der Waals surface area (Å²) >= 11 is 0. The molecule has 1 aromatic heterocycles. The molecule has 1 heterocycles. The van der Waals surface area contributed by atoms with E-state index in [1.54, 1.807) is 6.92 Å². The van der Waals surface area contributed by atoms with Crippen molar-refractivity contribution < 1.29 is 4.79 Å². The third-order valence-electron chi connectivity index (χ3n) is 1.84. The highest BCUT2D eigenvalue weighted by molar-refractivity contribution is 5.82. The van der Waals surface area contributed by atoms with Crippen molar-refractivity contribution in [1.29, 1.82) is 0 Å². The number of rotatable bonds is 3. The van der Waals surface area contributed by atoms with Gasteiger partial charge in [0.05, 0.1) is 6.04 Å². The number of Topliss-reactive ketones (excluding diaryl/α,β-unsaturated/α-hetero) is 1. The number of aromatic amines is 1. The number of hydrogen-bond donors (Lipinski definition) is 1. The van der Waals surface area contributed by atoms with Crippen LogP contribution in [0.4, 0.5) is 0 Å². The Bertz CT molecular complexity index is 252. The standard InChI is InChI=1S/C9H14N2O/c1-7(12)9(11(2)3)8-4-5-10-6-8/h4-6,9-10H,1-3H3. The average Bonchev–Trinajstić information content (AvgIpc) is 2.37. The molecule has 12 heavy (non-hydrogen) atoms. The lowest BCUT2D eigenvalue weighted by atomic mass is 10.1. The second-order valence-electron chi connectivity index (χ2n) is 3.12. The summed E-state index contributed by atoms with van der Waals surface area (Å²) in [6, 6.07) is 1.81. The summed E-state index contributed by atoms with van der Waals surface area (Å²) in [6.07, 6.45) is 3.68. The van der Waals surface area contributed by atoms with E-state index in [4.69, 9.17) is 0 Å². The molecule has 3 heteroatoms. The summed E-state index contributed by atoms with van der Waals surface area (Å²) in [6.45, 7) is 1.61. The first kappa shape index (κ1) is 9.00. The molecule has 1 aromatic rings. The number of H-pyrrole nitrogens is 1. The van der Waals surface area contributed by atoms with E-state index >= 15 is 0 Å². The number of likely N-dealkylation sites (N-methyl/N-ethyl adjacent to an activating group) is 1. The molecule has 66 valence electrons. The molecule has 1 N–H and O–H groups in total. The van der Waals surface area contributed by atoms with Crippen LogP contribution in [0, 0.1) is 0 Å². The van der Waals surface area contributed by atoms with Gasteiger partial charge < -0.3 is 4.98 Å². The van der Waals surface area contributed by atoms with Crippen LogP contribution in [0.1, 0.15) is 18.5 Å². The van der Waals surface area contributed by atoms with E-state index in [1.807, 2.05) is 37.5 Å². The van der Waals surface area contributed by atoms with Gasteiger partial charge in [-0.3, -0.25) is 9.69 Å². The van der Waals surface area contributed by atoms with Gasteiger partial charge in [0.15, 0.2) is 5.78 Å². The van der Waals surface area contributed by atoms with Gasteiger partial charge in [0.25, 0.3) is 0 Å². The highest BCUT2D eigenvalue weighted by atomic mass is 16.1. The summed E-state index contributed by atoms with van der Waals surface area (Å²) in [5.41, 5.74) is 1.02. The number of ketones is 1. The first-order chi connectivity index (χ1) is 5.63. The summed E-state index contributed by atoms with van der Waals surface area (Å²) in [5, 5.41) is 0. The largest absolute Gasteiger partial charge is 0.367 e. The first-order valence-electron chi connectivity index (χ1n) is 3.92. The SMILES string of the molecule is CC(=O)C(c1cc[nH]c1)N(C)C. The Morgan fingerprint density at radius 1 is 1.58 bits per heavy atom. The molecule has 0 aliphatic carbocycles. The van der Waals surface area contributed by atoms with Gasteiger partial charge in [0.1, 0.15) is 0 Å². The zero-order valence-electron chi connectivity index (χ0n) is 7.66. The highest BCUT2D eigenvalue weighted by Crippen LogP contribution is 2.17. The Morgan fingerprint density at radius 2 is 2.25 bits per heavy atom. The Hall–Kier alpha value is -1.09. The van der Waals surface area contributed by atoms with Gasteiger partial charge in [-0.1, -0.05) is 0 Å². The van der Waals surface area contributed by atoms with E-state index in [9.17, 15) is 4.79 Å². The first-order valence-corrected chi connectivity index (χ1v) is 3.92. The molecule has 0 amide bonds. The monoisotopic (exact) mass is 166 g/mol. The zero-order valence-corrected chi connectivity index (χ0v) is 7.66. The Labute approximate surface area is 72.4 Å². The van der Waals surface area contributed by atoms with E-state index in [1.165, 1.54) is 0 Å². The summed E-state index contributed by atoms with van der Waals surface area (Å²) in [5.74, 6) is 0.166. The second-order valence-corrected chi connectivity index (χ2v) is 3.12. The molecular weight excluding hydrogens is 152 g/mol. The van der Waals surface area contributed by atoms with Gasteiger partial charge in [-0.05, 0) is 32.6 Å². The fraction of sp³-hybridized carbons (Fsp3) is 0.444. The molecular formula is C9H14N2O. The molecule has 3 nitrogen and oxygen atoms in total. The van der Waals surface area contributed by atoms with E-state index in [-0.39, 0.29) is 11.8 Å². The lowest BCUT2D eigenvalue weighted by Gasteiger charge is -2.20. The van der Waals surface area contributed by atoms with E-state index < -0.39 is 0 Å². The van der Waals surface area contributed by atoms with Crippen molar-refractivity contribution >= 4 is 5.78 Å². The number of hydrogen-bond acceptors (Lipinski definition) is 2. The van der Waals surface area contributed by atoms with Gasteiger partial charge in [-0.15, -0.1) is 0 Å². The molecule has 0 aliphatic heterocycles. The number of carbonyl (C=O) groups excluding carboxylic acids is 1. The van der Waals surface area contributed by atoms with Crippen LogP contribution < -0.4 is 0 Å². The molecule has 0 aliphatic rings. The zero-order chi connectivity index (χ0) is 9.14. The predicted octanol–water partition coefficient (Wildman–Crippen LogP) is 1.21. The van der Waals surface area contributed by atoms with Crippen molar-refractivity contribution in [3.63, 3.8) is 0 Å². The molecule has 0 bridgehead atoms. The van der Waals surface area contributed by atoms with E-state index in [0.717, 1.165) is 5.56 Å². The van der Waals surface area contributed by atoms with Crippen LogP contribution in [-0.4, -0.2) is 29.8 Å². The summed E-state index contributed by atoms with van der Waals surface area (Å²) in [7, 11) is 3.80. The van der Waals surface area contributed by atoms with Crippen molar-refractivity contribution in [2.24, 2.45) is 0 Å². The van der Waals surface area contributed by atoms with Crippen molar-refractivity contribution in [1.82, 2.24) is 9.88 Å². The normalized spacial score (nSPS) is 13.3. The number of carbonyl (C=O) groups is 1. The minimum Gasteiger partial charge on any atom is -0.367 e.